The van der Waals surface area contributed by atoms with Crippen molar-refractivity contribution in [1.82, 2.24) is 0 Å². The molecule has 0 fully saturated rings. The molecule has 0 spiro atoms. The summed E-state index contributed by atoms with van der Waals surface area (Å²) in [7, 11) is -7.37. The molecule has 4 aromatic rings. The lowest BCUT2D eigenvalue weighted by atomic mass is 10.0. The van der Waals surface area contributed by atoms with Crippen LogP contribution in [-0.4, -0.2) is 25.6 Å². The van der Waals surface area contributed by atoms with E-state index in [1.807, 2.05) is 48.5 Å². The molecule has 0 saturated heterocycles. The Balaban J connectivity index is 0.000000840. The molecule has 0 aliphatic rings. The molecule has 8 heteroatoms. The molecular weight excluding hydrogens is 496 g/mol. The SMILES string of the molecule is O=S(=O)(O)c1ccccc1C=Cc1ccc(-c2ccc(C=Cc3ccccc3)cc2)cc1.O=S(=O)=O. The second-order valence-electron chi connectivity index (χ2n) is 7.54. The van der Waals surface area contributed by atoms with Crippen LogP contribution in [0.2, 0.25) is 0 Å². The van der Waals surface area contributed by atoms with E-state index >= 15 is 0 Å². The molecule has 0 radical (unpaired) electrons. The molecule has 0 heterocycles. The standard InChI is InChI=1S/C28H22O3S.O3S/c29-32(30,31)28-9-5-4-8-27(28)21-16-24-14-19-26(20-15-24)25-17-12-23(13-18-25)11-10-22-6-2-1-3-7-22;1-4(2)3/h1-21H,(H,29,30,31);. The molecule has 1 N–H and O–H groups in total. The van der Waals surface area contributed by atoms with Crippen molar-refractivity contribution in [2.24, 2.45) is 0 Å². The first-order chi connectivity index (χ1) is 17.2. The second-order valence-corrected chi connectivity index (χ2v) is 9.34. The van der Waals surface area contributed by atoms with Crippen LogP contribution >= 0.6 is 0 Å². The van der Waals surface area contributed by atoms with Gasteiger partial charge in [-0.05, 0) is 39.4 Å². The van der Waals surface area contributed by atoms with E-state index in [1.54, 1.807) is 24.3 Å². The van der Waals surface area contributed by atoms with Gasteiger partial charge in [-0.3, -0.25) is 4.55 Å². The van der Waals surface area contributed by atoms with Crippen LogP contribution in [0.4, 0.5) is 0 Å². The topological polar surface area (TPSA) is 106 Å². The minimum Gasteiger partial charge on any atom is -0.282 e. The monoisotopic (exact) mass is 518 g/mol. The van der Waals surface area contributed by atoms with Gasteiger partial charge in [0, 0.05) is 0 Å². The average molecular weight is 519 g/mol. The summed E-state index contributed by atoms with van der Waals surface area (Å²) >= 11 is 0. The summed E-state index contributed by atoms with van der Waals surface area (Å²) < 4.78 is 57.8. The van der Waals surface area contributed by atoms with Gasteiger partial charge in [-0.25, -0.2) is 0 Å². The van der Waals surface area contributed by atoms with Crippen LogP contribution in [0.15, 0.2) is 108 Å². The molecule has 182 valence electrons. The Labute approximate surface area is 211 Å². The van der Waals surface area contributed by atoms with Gasteiger partial charge in [0.15, 0.2) is 0 Å². The fourth-order valence-electron chi connectivity index (χ4n) is 3.37. The molecule has 6 nitrogen and oxygen atoms in total. The van der Waals surface area contributed by atoms with E-state index in [0.29, 0.717) is 5.56 Å². The van der Waals surface area contributed by atoms with Gasteiger partial charge in [-0.15, -0.1) is 12.6 Å². The summed E-state index contributed by atoms with van der Waals surface area (Å²) in [5.41, 5.74) is 5.89. The first-order valence-corrected chi connectivity index (χ1v) is 13.1. The molecule has 0 aliphatic heterocycles. The van der Waals surface area contributed by atoms with Gasteiger partial charge in [-0.2, -0.15) is 8.42 Å². The molecule has 0 saturated carbocycles. The summed E-state index contributed by atoms with van der Waals surface area (Å²) in [6.45, 7) is 0. The largest absolute Gasteiger partial charge is 0.425 e. The fraction of sp³-hybridized carbons (Fsp3) is 0. The number of hydrogen-bond donors (Lipinski definition) is 1. The van der Waals surface area contributed by atoms with Crippen molar-refractivity contribution in [1.29, 1.82) is 0 Å². The Morgan fingerprint density at radius 1 is 0.528 bits per heavy atom. The number of rotatable bonds is 6. The molecule has 4 aromatic carbocycles. The highest BCUT2D eigenvalue weighted by Crippen LogP contribution is 2.23. The zero-order valence-corrected chi connectivity index (χ0v) is 20.6. The lowest BCUT2D eigenvalue weighted by molar-refractivity contribution is 0.483. The molecule has 0 amide bonds. The average Bonchev–Trinajstić information content (AvgIpc) is 2.87. The maximum absolute atomic E-state index is 11.5. The molecule has 0 aliphatic carbocycles. The molecule has 0 unspecified atom stereocenters. The van der Waals surface area contributed by atoms with Crippen molar-refractivity contribution >= 4 is 45.0 Å². The van der Waals surface area contributed by atoms with Crippen molar-refractivity contribution in [3.63, 3.8) is 0 Å². The number of benzene rings is 4. The lowest BCUT2D eigenvalue weighted by Crippen LogP contribution is -2.00. The van der Waals surface area contributed by atoms with E-state index in [-0.39, 0.29) is 4.90 Å². The van der Waals surface area contributed by atoms with Crippen LogP contribution in [0, 0.1) is 0 Å². The first-order valence-electron chi connectivity index (χ1n) is 10.7. The Kier molecular flexibility index (Phi) is 9.24. The molecule has 0 aromatic heterocycles. The van der Waals surface area contributed by atoms with Gasteiger partial charge < -0.3 is 0 Å². The van der Waals surface area contributed by atoms with Gasteiger partial charge in [0.1, 0.15) is 4.90 Å². The van der Waals surface area contributed by atoms with E-state index in [4.69, 9.17) is 12.6 Å². The molecule has 4 rings (SSSR count). The maximum Gasteiger partial charge on any atom is 0.425 e. The van der Waals surface area contributed by atoms with E-state index in [0.717, 1.165) is 22.3 Å². The summed E-state index contributed by atoms with van der Waals surface area (Å²) in [6, 6.07) is 32.9. The summed E-state index contributed by atoms with van der Waals surface area (Å²) in [5, 5.41) is 0. The van der Waals surface area contributed by atoms with E-state index in [1.165, 1.54) is 11.6 Å². The van der Waals surface area contributed by atoms with Crippen LogP contribution in [0.25, 0.3) is 35.4 Å². The Morgan fingerprint density at radius 3 is 1.39 bits per heavy atom. The third-order valence-corrected chi connectivity index (χ3v) is 6.00. The van der Waals surface area contributed by atoms with Gasteiger partial charge in [-0.1, -0.05) is 121 Å². The maximum atomic E-state index is 11.5. The zero-order valence-electron chi connectivity index (χ0n) is 18.9. The lowest BCUT2D eigenvalue weighted by Gasteiger charge is -2.04. The molecule has 0 atom stereocenters. The van der Waals surface area contributed by atoms with Crippen LogP contribution in [-0.2, 0) is 20.7 Å². The van der Waals surface area contributed by atoms with Crippen molar-refractivity contribution in [3.05, 3.63) is 125 Å². The van der Waals surface area contributed by atoms with Gasteiger partial charge in [0.05, 0.1) is 0 Å². The smallest absolute Gasteiger partial charge is 0.282 e. The van der Waals surface area contributed by atoms with E-state index in [9.17, 15) is 13.0 Å². The quantitative estimate of drug-likeness (QED) is 0.250. The van der Waals surface area contributed by atoms with Gasteiger partial charge in [0.2, 0.25) is 0 Å². The van der Waals surface area contributed by atoms with Crippen LogP contribution in [0.5, 0.6) is 0 Å². The Hall–Kier alpha value is -4.11. The third-order valence-electron chi connectivity index (χ3n) is 5.07. The van der Waals surface area contributed by atoms with Crippen molar-refractivity contribution < 1.29 is 25.6 Å². The highest BCUT2D eigenvalue weighted by Gasteiger charge is 2.12. The summed E-state index contributed by atoms with van der Waals surface area (Å²) in [4.78, 5) is -0.103. The fourth-order valence-corrected chi connectivity index (χ4v) is 4.05. The normalized spacial score (nSPS) is 11.2. The predicted octanol–water partition coefficient (Wildman–Crippen LogP) is 5.94. The van der Waals surface area contributed by atoms with E-state index in [2.05, 4.69) is 48.6 Å². The van der Waals surface area contributed by atoms with Crippen LogP contribution < -0.4 is 0 Å². The predicted molar refractivity (Wildman–Crippen MR) is 142 cm³/mol. The molecular formula is C28H22O6S2. The molecule has 0 bridgehead atoms. The highest BCUT2D eigenvalue weighted by molar-refractivity contribution is 7.85. The Morgan fingerprint density at radius 2 is 0.917 bits per heavy atom. The summed E-state index contributed by atoms with van der Waals surface area (Å²) in [6.07, 6.45) is 7.70. The molecule has 36 heavy (non-hydrogen) atoms. The van der Waals surface area contributed by atoms with Crippen molar-refractivity contribution in [3.8, 4) is 11.1 Å². The highest BCUT2D eigenvalue weighted by atomic mass is 32.2. The first kappa shape index (κ1) is 26.5. The van der Waals surface area contributed by atoms with E-state index < -0.39 is 20.7 Å². The van der Waals surface area contributed by atoms with Crippen molar-refractivity contribution in [2.45, 2.75) is 4.90 Å². The Bertz CT molecular complexity index is 1570. The minimum absolute atomic E-state index is 0.103. The van der Waals surface area contributed by atoms with Crippen LogP contribution in [0.1, 0.15) is 22.3 Å². The van der Waals surface area contributed by atoms with Gasteiger partial charge in [0.25, 0.3) is 10.1 Å². The third kappa shape index (κ3) is 8.28. The number of hydrogen-bond acceptors (Lipinski definition) is 5. The minimum atomic E-state index is -4.26. The van der Waals surface area contributed by atoms with Crippen LogP contribution in [0.3, 0.4) is 0 Å². The summed E-state index contributed by atoms with van der Waals surface area (Å²) in [5.74, 6) is 0. The van der Waals surface area contributed by atoms with Crippen molar-refractivity contribution in [2.75, 3.05) is 0 Å². The second kappa shape index (κ2) is 12.6. The zero-order chi connectivity index (χ0) is 26.0. The van der Waals surface area contributed by atoms with Gasteiger partial charge >= 0.3 is 10.6 Å².